The number of aryl methyl sites for hydroxylation is 2. The average molecular weight is 397 g/mol. The first-order chi connectivity index (χ1) is 13.9. The third-order valence-corrected chi connectivity index (χ3v) is 5.88. The van der Waals surface area contributed by atoms with Gasteiger partial charge in [0.25, 0.3) is 5.91 Å². The number of amides is 1. The van der Waals surface area contributed by atoms with Crippen molar-refractivity contribution in [3.05, 3.63) is 62.1 Å². The number of pyridine rings is 1. The molecule has 1 aromatic heterocycles. The van der Waals surface area contributed by atoms with Crippen LogP contribution in [-0.4, -0.2) is 10.5 Å². The lowest BCUT2D eigenvalue weighted by molar-refractivity contribution is 0.102. The van der Waals surface area contributed by atoms with E-state index in [1.54, 1.807) is 0 Å². The molecule has 0 bridgehead atoms. The number of nitrogens with zero attached hydrogens (tertiary/aromatic N) is 1. The maximum absolute atomic E-state index is 13.3. The molecule has 158 valence electrons. The lowest BCUT2D eigenvalue weighted by Crippen LogP contribution is -2.30. The van der Waals surface area contributed by atoms with Gasteiger partial charge in [0.05, 0.1) is 0 Å². The number of hydrogen-bond donors (Lipinski definition) is 1. The second kappa shape index (κ2) is 10.4. The van der Waals surface area contributed by atoms with Crippen LogP contribution in [0, 0.1) is 13.8 Å². The van der Waals surface area contributed by atoms with Gasteiger partial charge in [0.1, 0.15) is 5.56 Å². The number of carbonyl (C=O) groups excluding carboxylic acids is 1. The van der Waals surface area contributed by atoms with E-state index in [0.29, 0.717) is 5.56 Å². The second-order valence-electron chi connectivity index (χ2n) is 7.69. The van der Waals surface area contributed by atoms with Crippen molar-refractivity contribution in [2.45, 2.75) is 86.6 Å². The Morgan fingerprint density at radius 3 is 2.10 bits per heavy atom. The minimum Gasteiger partial charge on any atom is -0.348 e. The lowest BCUT2D eigenvalue weighted by atomic mass is 10.0. The Morgan fingerprint density at radius 1 is 0.966 bits per heavy atom. The van der Waals surface area contributed by atoms with Crippen molar-refractivity contribution in [3.8, 4) is 0 Å². The van der Waals surface area contributed by atoms with Crippen LogP contribution in [0.1, 0.15) is 85.4 Å². The van der Waals surface area contributed by atoms with E-state index in [9.17, 15) is 9.59 Å². The zero-order valence-electron chi connectivity index (χ0n) is 18.9. The zero-order chi connectivity index (χ0) is 21.6. The Labute approximate surface area is 175 Å². The summed E-state index contributed by atoms with van der Waals surface area (Å²) in [7, 11) is 0. The van der Waals surface area contributed by atoms with E-state index in [1.165, 1.54) is 0 Å². The Balaban J connectivity index is 2.55. The molecule has 4 heteroatoms. The molecule has 0 saturated carbocycles. The van der Waals surface area contributed by atoms with Gasteiger partial charge in [0, 0.05) is 29.2 Å². The van der Waals surface area contributed by atoms with Gasteiger partial charge < -0.3 is 9.88 Å². The summed E-state index contributed by atoms with van der Waals surface area (Å²) in [5.41, 5.74) is 5.71. The summed E-state index contributed by atoms with van der Waals surface area (Å²) in [6.45, 7) is 13.0. The molecule has 0 radical (unpaired) electrons. The highest BCUT2D eigenvalue weighted by Crippen LogP contribution is 2.24. The molecule has 0 aliphatic rings. The predicted molar refractivity (Wildman–Crippen MR) is 122 cm³/mol. The fraction of sp³-hybridized carbons (Fsp3) is 0.520. The first-order valence-electron chi connectivity index (χ1n) is 11.1. The van der Waals surface area contributed by atoms with E-state index in [2.05, 4.69) is 37.6 Å². The fourth-order valence-electron chi connectivity index (χ4n) is 4.15. The highest BCUT2D eigenvalue weighted by atomic mass is 16.2. The van der Waals surface area contributed by atoms with E-state index in [1.807, 2.05) is 32.0 Å². The van der Waals surface area contributed by atoms with Crippen molar-refractivity contribution in [1.82, 2.24) is 4.57 Å². The smallest absolute Gasteiger partial charge is 0.261 e. The molecule has 29 heavy (non-hydrogen) atoms. The summed E-state index contributed by atoms with van der Waals surface area (Å²) in [6.07, 6.45) is 5.77. The summed E-state index contributed by atoms with van der Waals surface area (Å²) < 4.78 is 2.19. The molecule has 0 aliphatic carbocycles. The first-order valence-corrected chi connectivity index (χ1v) is 11.1. The van der Waals surface area contributed by atoms with Gasteiger partial charge in [0.2, 0.25) is 0 Å². The van der Waals surface area contributed by atoms with Crippen molar-refractivity contribution in [2.75, 3.05) is 5.32 Å². The fourth-order valence-corrected chi connectivity index (χ4v) is 4.15. The maximum Gasteiger partial charge on any atom is 0.261 e. The maximum atomic E-state index is 13.3. The molecule has 2 aromatic rings. The van der Waals surface area contributed by atoms with Crippen LogP contribution in [-0.2, 0) is 25.8 Å². The summed E-state index contributed by atoms with van der Waals surface area (Å²) in [5.74, 6) is -0.293. The van der Waals surface area contributed by atoms with E-state index in [-0.39, 0.29) is 16.9 Å². The molecule has 0 spiro atoms. The zero-order valence-corrected chi connectivity index (χ0v) is 18.9. The predicted octanol–water partition coefficient (Wildman–Crippen LogP) is 5.59. The Morgan fingerprint density at radius 2 is 1.59 bits per heavy atom. The Kier molecular flexibility index (Phi) is 8.24. The van der Waals surface area contributed by atoms with Gasteiger partial charge in [-0.2, -0.15) is 0 Å². The highest BCUT2D eigenvalue weighted by molar-refractivity contribution is 6.06. The normalized spacial score (nSPS) is 11.0. The van der Waals surface area contributed by atoms with Gasteiger partial charge in [-0.15, -0.1) is 0 Å². The molecule has 0 unspecified atom stereocenters. The molecule has 4 nitrogen and oxygen atoms in total. The van der Waals surface area contributed by atoms with Crippen LogP contribution < -0.4 is 10.7 Å². The molecular weight excluding hydrogens is 360 g/mol. The quantitative estimate of drug-likeness (QED) is 0.561. The number of hydrogen-bond acceptors (Lipinski definition) is 2. The molecule has 1 aromatic carbocycles. The van der Waals surface area contributed by atoms with E-state index in [4.69, 9.17) is 0 Å². The topological polar surface area (TPSA) is 51.1 Å². The number of carbonyl (C=O) groups is 1. The van der Waals surface area contributed by atoms with E-state index in [0.717, 1.165) is 73.3 Å². The molecule has 0 saturated heterocycles. The third kappa shape index (κ3) is 4.80. The van der Waals surface area contributed by atoms with Crippen molar-refractivity contribution in [2.24, 2.45) is 0 Å². The van der Waals surface area contributed by atoms with Gasteiger partial charge in [-0.3, -0.25) is 9.59 Å². The highest BCUT2D eigenvalue weighted by Gasteiger charge is 2.22. The summed E-state index contributed by atoms with van der Waals surface area (Å²) >= 11 is 0. The molecule has 0 fully saturated rings. The first kappa shape index (κ1) is 22.9. The second-order valence-corrected chi connectivity index (χ2v) is 7.69. The number of aromatic nitrogens is 1. The molecule has 1 heterocycles. The van der Waals surface area contributed by atoms with Gasteiger partial charge in [-0.1, -0.05) is 58.7 Å². The molecule has 0 aliphatic heterocycles. The van der Waals surface area contributed by atoms with Gasteiger partial charge in [-0.25, -0.2) is 0 Å². The minimum absolute atomic E-state index is 0.143. The molecule has 1 N–H and O–H groups in total. The minimum atomic E-state index is -0.293. The molecule has 2 rings (SSSR count). The van der Waals surface area contributed by atoms with Crippen molar-refractivity contribution >= 4 is 11.6 Å². The number of benzene rings is 1. The number of para-hydroxylation sites is 1. The summed E-state index contributed by atoms with van der Waals surface area (Å²) in [5, 5.41) is 3.09. The molecule has 0 atom stereocenters. The Hall–Kier alpha value is -2.36. The van der Waals surface area contributed by atoms with Crippen LogP contribution in [0.15, 0.2) is 23.0 Å². The SMILES string of the molecule is CCCCCn1c(C)c(C(=O)Nc2c(CC)cccc2CC)c(=O)c(C)c1CC. The van der Waals surface area contributed by atoms with Crippen molar-refractivity contribution in [1.29, 1.82) is 0 Å². The summed E-state index contributed by atoms with van der Waals surface area (Å²) in [4.78, 5) is 26.4. The number of anilines is 1. The van der Waals surface area contributed by atoms with E-state index >= 15 is 0 Å². The van der Waals surface area contributed by atoms with Crippen molar-refractivity contribution in [3.63, 3.8) is 0 Å². The largest absolute Gasteiger partial charge is 0.348 e. The molecular formula is C25H36N2O2. The standard InChI is InChI=1S/C25H36N2O2/c1-7-11-12-16-27-18(6)22(24(28)17(5)21(27)10-4)25(29)26-23-19(8-2)14-13-15-20(23)9-3/h13-15H,7-12,16H2,1-6H3,(H,26,29). The number of nitrogens with one attached hydrogen (secondary N) is 1. The van der Waals surface area contributed by atoms with Gasteiger partial charge >= 0.3 is 0 Å². The van der Waals surface area contributed by atoms with Crippen LogP contribution in [0.2, 0.25) is 0 Å². The van der Waals surface area contributed by atoms with Gasteiger partial charge in [-0.05, 0) is 50.7 Å². The van der Waals surface area contributed by atoms with Crippen LogP contribution in [0.5, 0.6) is 0 Å². The van der Waals surface area contributed by atoms with E-state index < -0.39 is 0 Å². The number of rotatable bonds is 9. The van der Waals surface area contributed by atoms with Gasteiger partial charge in [0.15, 0.2) is 5.43 Å². The average Bonchev–Trinajstić information content (AvgIpc) is 2.72. The summed E-state index contributed by atoms with van der Waals surface area (Å²) in [6, 6.07) is 6.10. The van der Waals surface area contributed by atoms with Crippen LogP contribution >= 0.6 is 0 Å². The van der Waals surface area contributed by atoms with Crippen LogP contribution in [0.25, 0.3) is 0 Å². The van der Waals surface area contributed by atoms with Crippen LogP contribution in [0.3, 0.4) is 0 Å². The molecule has 1 amide bonds. The number of unbranched alkanes of at least 4 members (excludes halogenated alkanes) is 2. The third-order valence-electron chi connectivity index (χ3n) is 5.88. The Bertz CT molecular complexity index is 903. The lowest BCUT2D eigenvalue weighted by Gasteiger charge is -2.22. The van der Waals surface area contributed by atoms with Crippen LogP contribution in [0.4, 0.5) is 5.69 Å². The monoisotopic (exact) mass is 396 g/mol. The van der Waals surface area contributed by atoms with Crippen molar-refractivity contribution < 1.29 is 4.79 Å².